The first-order chi connectivity index (χ1) is 7.09. The molecule has 0 spiro atoms. The minimum absolute atomic E-state index is 0.150. The van der Waals surface area contributed by atoms with Crippen molar-refractivity contribution in [2.24, 2.45) is 0 Å². The zero-order valence-corrected chi connectivity index (χ0v) is 11.6. The minimum atomic E-state index is -0.150. The van der Waals surface area contributed by atoms with Gasteiger partial charge in [-0.15, -0.1) is 11.3 Å². The summed E-state index contributed by atoms with van der Waals surface area (Å²) in [5.41, 5.74) is 1.12. The highest BCUT2D eigenvalue weighted by atomic mass is 79.9. The summed E-state index contributed by atoms with van der Waals surface area (Å²) in [7, 11) is 0. The first-order valence-electron chi connectivity index (χ1n) is 5.18. The Morgan fingerprint density at radius 1 is 1.60 bits per heavy atom. The molecule has 0 unspecified atom stereocenters. The lowest BCUT2D eigenvalue weighted by molar-refractivity contribution is 0.163. The Kier molecular flexibility index (Phi) is 5.26. The van der Waals surface area contributed by atoms with E-state index in [1.54, 1.807) is 11.3 Å². The van der Waals surface area contributed by atoms with Gasteiger partial charge in [-0.25, -0.2) is 0 Å². The lowest BCUT2D eigenvalue weighted by Gasteiger charge is -2.28. The van der Waals surface area contributed by atoms with E-state index < -0.39 is 0 Å². The van der Waals surface area contributed by atoms with E-state index in [0.29, 0.717) is 0 Å². The maximum absolute atomic E-state index is 9.33. The topological polar surface area (TPSA) is 32.3 Å². The fraction of sp³-hybridized carbons (Fsp3) is 0.636. The van der Waals surface area contributed by atoms with Crippen molar-refractivity contribution in [3.05, 3.63) is 20.8 Å². The molecule has 0 fully saturated rings. The van der Waals surface area contributed by atoms with Crippen LogP contribution in [-0.2, 0) is 6.54 Å². The summed E-state index contributed by atoms with van der Waals surface area (Å²) in [6, 6.07) is 2.11. The summed E-state index contributed by atoms with van der Waals surface area (Å²) >= 11 is 5.13. The SMILES string of the molecule is CCC[C@](C)(CO)NCc1csc(Br)c1. The highest BCUT2D eigenvalue weighted by Crippen LogP contribution is 2.21. The second-order valence-electron chi connectivity index (χ2n) is 4.08. The van der Waals surface area contributed by atoms with Crippen LogP contribution in [0.2, 0.25) is 0 Å². The highest BCUT2D eigenvalue weighted by molar-refractivity contribution is 9.11. The fourth-order valence-electron chi connectivity index (χ4n) is 1.53. The maximum atomic E-state index is 9.33. The largest absolute Gasteiger partial charge is 0.394 e. The van der Waals surface area contributed by atoms with E-state index in [9.17, 15) is 5.11 Å². The second kappa shape index (κ2) is 5.99. The molecule has 1 atom stereocenters. The van der Waals surface area contributed by atoms with E-state index in [4.69, 9.17) is 0 Å². The van der Waals surface area contributed by atoms with Crippen molar-refractivity contribution < 1.29 is 5.11 Å². The van der Waals surface area contributed by atoms with Gasteiger partial charge < -0.3 is 10.4 Å². The van der Waals surface area contributed by atoms with E-state index in [-0.39, 0.29) is 12.1 Å². The molecule has 2 N–H and O–H groups in total. The molecule has 2 nitrogen and oxygen atoms in total. The van der Waals surface area contributed by atoms with Crippen molar-refractivity contribution in [2.45, 2.75) is 38.8 Å². The van der Waals surface area contributed by atoms with Gasteiger partial charge in [0.15, 0.2) is 0 Å². The van der Waals surface area contributed by atoms with Gasteiger partial charge in [0, 0.05) is 12.1 Å². The van der Waals surface area contributed by atoms with E-state index in [1.807, 2.05) is 0 Å². The molecule has 0 saturated heterocycles. The third-order valence-electron chi connectivity index (χ3n) is 2.49. The average Bonchev–Trinajstić information content (AvgIpc) is 2.62. The molecule has 0 aliphatic carbocycles. The van der Waals surface area contributed by atoms with E-state index in [1.165, 1.54) is 5.56 Å². The van der Waals surface area contributed by atoms with Crippen molar-refractivity contribution in [1.29, 1.82) is 0 Å². The molecule has 1 aromatic rings. The predicted octanol–water partition coefficient (Wildman–Crippen LogP) is 3.15. The zero-order valence-electron chi connectivity index (χ0n) is 9.22. The number of hydrogen-bond acceptors (Lipinski definition) is 3. The molecule has 0 saturated carbocycles. The third kappa shape index (κ3) is 4.23. The molecule has 1 heterocycles. The van der Waals surface area contributed by atoms with Crippen LogP contribution in [0.4, 0.5) is 0 Å². The van der Waals surface area contributed by atoms with Gasteiger partial charge in [0.05, 0.1) is 10.4 Å². The quantitative estimate of drug-likeness (QED) is 0.844. The molecule has 15 heavy (non-hydrogen) atoms. The van der Waals surface area contributed by atoms with Gasteiger partial charge in [0.2, 0.25) is 0 Å². The lowest BCUT2D eigenvalue weighted by Crippen LogP contribution is -2.45. The summed E-state index contributed by atoms with van der Waals surface area (Å²) < 4.78 is 1.15. The van der Waals surface area contributed by atoms with Crippen LogP contribution in [0.5, 0.6) is 0 Å². The van der Waals surface area contributed by atoms with Crippen molar-refractivity contribution in [3.8, 4) is 0 Å². The van der Waals surface area contributed by atoms with Gasteiger partial charge in [-0.2, -0.15) is 0 Å². The standard InChI is InChI=1S/C11H18BrNOS/c1-3-4-11(2,8-14)13-6-9-5-10(12)15-7-9/h5,7,13-14H,3-4,6,8H2,1-2H3/t11-/m1/s1. The zero-order chi connectivity index (χ0) is 11.3. The van der Waals surface area contributed by atoms with Gasteiger partial charge in [0.1, 0.15) is 0 Å². The van der Waals surface area contributed by atoms with Crippen LogP contribution >= 0.6 is 27.3 Å². The second-order valence-corrected chi connectivity index (χ2v) is 6.37. The molecule has 0 aromatic carbocycles. The molecule has 0 radical (unpaired) electrons. The van der Waals surface area contributed by atoms with Crippen molar-refractivity contribution in [1.82, 2.24) is 5.32 Å². The Balaban J connectivity index is 2.47. The number of thiophene rings is 1. The van der Waals surface area contributed by atoms with Crippen molar-refractivity contribution in [3.63, 3.8) is 0 Å². The monoisotopic (exact) mass is 291 g/mol. The van der Waals surface area contributed by atoms with Crippen LogP contribution < -0.4 is 5.32 Å². The van der Waals surface area contributed by atoms with Crippen LogP contribution in [0.3, 0.4) is 0 Å². The first-order valence-corrected chi connectivity index (χ1v) is 6.86. The molecule has 86 valence electrons. The number of nitrogens with one attached hydrogen (secondary N) is 1. The fourth-order valence-corrected chi connectivity index (χ4v) is 2.74. The first kappa shape index (κ1) is 13.2. The maximum Gasteiger partial charge on any atom is 0.0701 e. The van der Waals surface area contributed by atoms with E-state index >= 15 is 0 Å². The molecule has 0 bridgehead atoms. The van der Waals surface area contributed by atoms with E-state index in [0.717, 1.165) is 23.2 Å². The number of rotatable bonds is 6. The lowest BCUT2D eigenvalue weighted by atomic mass is 9.97. The summed E-state index contributed by atoms with van der Waals surface area (Å²) in [5.74, 6) is 0. The van der Waals surface area contributed by atoms with E-state index in [2.05, 4.69) is 46.5 Å². The number of hydrogen-bond donors (Lipinski definition) is 2. The minimum Gasteiger partial charge on any atom is -0.394 e. The van der Waals surface area contributed by atoms with Crippen LogP contribution in [-0.4, -0.2) is 17.3 Å². The van der Waals surface area contributed by atoms with Gasteiger partial charge in [-0.1, -0.05) is 13.3 Å². The molecule has 1 rings (SSSR count). The van der Waals surface area contributed by atoms with Gasteiger partial charge >= 0.3 is 0 Å². The Hall–Kier alpha value is 0.100. The number of halogens is 1. The molecule has 0 aliphatic rings. The summed E-state index contributed by atoms with van der Waals surface area (Å²) in [4.78, 5) is 0. The average molecular weight is 292 g/mol. The molecule has 1 aromatic heterocycles. The van der Waals surface area contributed by atoms with Gasteiger partial charge in [-0.3, -0.25) is 0 Å². The Bertz CT molecular complexity index is 303. The molecular formula is C11H18BrNOS. The van der Waals surface area contributed by atoms with Gasteiger partial charge in [0.25, 0.3) is 0 Å². The Morgan fingerprint density at radius 2 is 2.33 bits per heavy atom. The Morgan fingerprint density at radius 3 is 2.80 bits per heavy atom. The number of aliphatic hydroxyl groups is 1. The summed E-state index contributed by atoms with van der Waals surface area (Å²) in [6.07, 6.45) is 2.08. The molecule has 0 aliphatic heterocycles. The molecular weight excluding hydrogens is 274 g/mol. The number of aliphatic hydroxyl groups excluding tert-OH is 1. The van der Waals surface area contributed by atoms with Crippen LogP contribution in [0.25, 0.3) is 0 Å². The molecule has 0 amide bonds. The Labute approximate surface area is 104 Å². The third-order valence-corrected chi connectivity index (χ3v) is 4.05. The molecule has 4 heteroatoms. The summed E-state index contributed by atoms with van der Waals surface area (Å²) in [6.45, 7) is 5.21. The smallest absolute Gasteiger partial charge is 0.0701 e. The highest BCUT2D eigenvalue weighted by Gasteiger charge is 2.21. The van der Waals surface area contributed by atoms with Crippen molar-refractivity contribution in [2.75, 3.05) is 6.61 Å². The van der Waals surface area contributed by atoms with Crippen LogP contribution in [0, 0.1) is 0 Å². The van der Waals surface area contributed by atoms with Crippen LogP contribution in [0.1, 0.15) is 32.3 Å². The van der Waals surface area contributed by atoms with Crippen molar-refractivity contribution >= 4 is 27.3 Å². The van der Waals surface area contributed by atoms with Gasteiger partial charge in [-0.05, 0) is 46.3 Å². The summed E-state index contributed by atoms with van der Waals surface area (Å²) in [5, 5.41) is 14.9. The normalized spacial score (nSPS) is 15.2. The predicted molar refractivity (Wildman–Crippen MR) is 69.3 cm³/mol. The van der Waals surface area contributed by atoms with Crippen LogP contribution in [0.15, 0.2) is 15.2 Å².